The first-order valence-corrected chi connectivity index (χ1v) is 11.5. The second-order valence-electron chi connectivity index (χ2n) is 8.33. The zero-order valence-electron chi connectivity index (χ0n) is 19.6. The quantitative estimate of drug-likeness (QED) is 0.505. The molecule has 1 heterocycles. The number of ether oxygens (including phenoxy) is 1. The minimum absolute atomic E-state index is 0.0767. The Hall–Kier alpha value is -3.47. The van der Waals surface area contributed by atoms with Crippen molar-refractivity contribution in [3.8, 4) is 5.75 Å². The number of likely N-dealkylation sites (tertiary alicyclic amines) is 1. The molecule has 8 nitrogen and oxygen atoms in total. The number of benzene rings is 2. The minimum atomic E-state index is -4.60. The van der Waals surface area contributed by atoms with Crippen molar-refractivity contribution in [1.29, 1.82) is 0 Å². The fraction of sp³-hybridized carbons (Fsp3) is 0.375. The summed E-state index contributed by atoms with van der Waals surface area (Å²) in [7, 11) is 1.55. The van der Waals surface area contributed by atoms with Gasteiger partial charge in [0.15, 0.2) is 0 Å². The molecule has 1 atom stereocenters. The Bertz CT molecular complexity index is 1100. The average Bonchev–Trinajstić information content (AvgIpc) is 2.84. The first-order chi connectivity index (χ1) is 17.0. The maximum Gasteiger partial charge on any atom is 0.416 e. The molecule has 0 aromatic heterocycles. The SMILES string of the molecule is COc1ccc(NC(=O)C2CCN(C(=O)[C@@H](C)NC(=O)Nc3cc(C(F)(F)F)ccc3Cl)CC2)cc1. The van der Waals surface area contributed by atoms with Crippen LogP contribution in [0.2, 0.25) is 5.02 Å². The summed E-state index contributed by atoms with van der Waals surface area (Å²) >= 11 is 5.89. The van der Waals surface area contributed by atoms with Crippen LogP contribution in [0, 0.1) is 5.92 Å². The average molecular weight is 527 g/mol. The topological polar surface area (TPSA) is 99.8 Å². The molecule has 2 aromatic carbocycles. The number of amides is 4. The lowest BCUT2D eigenvalue weighted by molar-refractivity contribution is -0.137. The lowest BCUT2D eigenvalue weighted by Gasteiger charge is -2.33. The van der Waals surface area contributed by atoms with E-state index in [4.69, 9.17) is 16.3 Å². The summed E-state index contributed by atoms with van der Waals surface area (Å²) in [5.41, 5.74) is -0.554. The summed E-state index contributed by atoms with van der Waals surface area (Å²) in [6.45, 7) is 2.12. The first-order valence-electron chi connectivity index (χ1n) is 11.2. The summed E-state index contributed by atoms with van der Waals surface area (Å²) < 4.78 is 43.9. The van der Waals surface area contributed by atoms with Gasteiger partial charge in [-0.1, -0.05) is 11.6 Å². The van der Waals surface area contributed by atoms with Crippen LogP contribution in [0.3, 0.4) is 0 Å². The Kier molecular flexibility index (Phi) is 8.67. The molecule has 0 saturated carbocycles. The van der Waals surface area contributed by atoms with Crippen LogP contribution < -0.4 is 20.7 Å². The van der Waals surface area contributed by atoms with Gasteiger partial charge in [-0.15, -0.1) is 0 Å². The van der Waals surface area contributed by atoms with Crippen LogP contribution in [0.4, 0.5) is 29.3 Å². The van der Waals surface area contributed by atoms with Crippen LogP contribution in [0.5, 0.6) is 5.75 Å². The highest BCUT2D eigenvalue weighted by atomic mass is 35.5. The maximum atomic E-state index is 12.9. The molecule has 3 rings (SSSR count). The number of nitrogens with zero attached hydrogens (tertiary/aromatic N) is 1. The third-order valence-corrected chi connectivity index (χ3v) is 6.12. The third kappa shape index (κ3) is 7.03. The highest BCUT2D eigenvalue weighted by Crippen LogP contribution is 2.33. The van der Waals surface area contributed by atoms with E-state index >= 15 is 0 Å². The van der Waals surface area contributed by atoms with Gasteiger partial charge in [0.05, 0.1) is 23.4 Å². The number of nitrogens with one attached hydrogen (secondary N) is 3. The van der Waals surface area contributed by atoms with Gasteiger partial charge < -0.3 is 25.6 Å². The van der Waals surface area contributed by atoms with Gasteiger partial charge in [-0.05, 0) is 62.2 Å². The normalized spacial score (nSPS) is 15.1. The smallest absolute Gasteiger partial charge is 0.416 e. The van der Waals surface area contributed by atoms with Gasteiger partial charge in [0.25, 0.3) is 0 Å². The van der Waals surface area contributed by atoms with Crippen molar-refractivity contribution in [2.75, 3.05) is 30.8 Å². The minimum Gasteiger partial charge on any atom is -0.497 e. The third-order valence-electron chi connectivity index (χ3n) is 5.79. The monoisotopic (exact) mass is 526 g/mol. The van der Waals surface area contributed by atoms with Gasteiger partial charge in [0.2, 0.25) is 11.8 Å². The Balaban J connectivity index is 1.48. The lowest BCUT2D eigenvalue weighted by atomic mass is 9.95. The largest absolute Gasteiger partial charge is 0.497 e. The van der Waals surface area contributed by atoms with E-state index in [-0.39, 0.29) is 28.4 Å². The number of methoxy groups -OCH3 is 1. The second kappa shape index (κ2) is 11.5. The Labute approximate surface area is 211 Å². The number of alkyl halides is 3. The predicted octanol–water partition coefficient (Wildman–Crippen LogP) is 4.75. The van der Waals surface area contributed by atoms with E-state index in [1.165, 1.54) is 6.92 Å². The fourth-order valence-electron chi connectivity index (χ4n) is 3.77. The number of piperidine rings is 1. The van der Waals surface area contributed by atoms with Crippen molar-refractivity contribution in [3.05, 3.63) is 53.1 Å². The molecular weight excluding hydrogens is 501 g/mol. The molecule has 36 heavy (non-hydrogen) atoms. The van der Waals surface area contributed by atoms with Crippen molar-refractivity contribution in [1.82, 2.24) is 10.2 Å². The zero-order chi connectivity index (χ0) is 26.5. The van der Waals surface area contributed by atoms with E-state index in [1.807, 2.05) is 0 Å². The summed E-state index contributed by atoms with van der Waals surface area (Å²) in [5.74, 6) is -0.106. The van der Waals surface area contributed by atoms with Crippen molar-refractivity contribution < 1.29 is 32.3 Å². The van der Waals surface area contributed by atoms with Crippen molar-refractivity contribution in [2.24, 2.45) is 5.92 Å². The van der Waals surface area contributed by atoms with Gasteiger partial charge in [-0.3, -0.25) is 9.59 Å². The molecule has 194 valence electrons. The number of anilines is 2. The standard InChI is InChI=1S/C24H26ClF3N4O4/c1-14(29-23(35)31-20-13-16(24(26,27)28)3-8-19(20)25)22(34)32-11-9-15(10-12-32)21(33)30-17-4-6-18(36-2)7-5-17/h3-8,13-15H,9-12H2,1-2H3,(H,30,33)(H2,29,31,35)/t14-/m1/s1. The number of rotatable bonds is 6. The Morgan fingerprint density at radius 2 is 1.69 bits per heavy atom. The Morgan fingerprint density at radius 1 is 1.06 bits per heavy atom. The van der Waals surface area contributed by atoms with Crippen LogP contribution in [-0.4, -0.2) is 49.0 Å². The fourth-order valence-corrected chi connectivity index (χ4v) is 3.93. The molecule has 0 radical (unpaired) electrons. The molecule has 0 spiro atoms. The van der Waals surface area contributed by atoms with E-state index in [9.17, 15) is 27.6 Å². The van der Waals surface area contributed by atoms with Gasteiger partial charge in [-0.2, -0.15) is 13.2 Å². The molecular formula is C24H26ClF3N4O4. The van der Waals surface area contributed by atoms with E-state index in [2.05, 4.69) is 16.0 Å². The van der Waals surface area contributed by atoms with E-state index in [1.54, 1.807) is 36.3 Å². The molecule has 0 bridgehead atoms. The number of hydrogen-bond donors (Lipinski definition) is 3. The molecule has 1 fully saturated rings. The number of halogens is 4. The second-order valence-corrected chi connectivity index (χ2v) is 8.74. The van der Waals surface area contributed by atoms with Crippen LogP contribution in [0.15, 0.2) is 42.5 Å². The van der Waals surface area contributed by atoms with Gasteiger partial charge in [-0.25, -0.2) is 4.79 Å². The maximum absolute atomic E-state index is 12.9. The molecule has 0 aliphatic carbocycles. The highest BCUT2D eigenvalue weighted by Gasteiger charge is 2.32. The summed E-state index contributed by atoms with van der Waals surface area (Å²) in [5, 5.41) is 7.44. The van der Waals surface area contributed by atoms with E-state index in [0.29, 0.717) is 37.4 Å². The van der Waals surface area contributed by atoms with Crippen LogP contribution in [0.25, 0.3) is 0 Å². The zero-order valence-corrected chi connectivity index (χ0v) is 20.4. The molecule has 4 amide bonds. The van der Waals surface area contributed by atoms with Gasteiger partial charge >= 0.3 is 12.2 Å². The molecule has 1 saturated heterocycles. The lowest BCUT2D eigenvalue weighted by Crippen LogP contribution is -2.51. The Morgan fingerprint density at radius 3 is 2.28 bits per heavy atom. The summed E-state index contributed by atoms with van der Waals surface area (Å²) in [6.07, 6.45) is -3.70. The molecule has 1 aliphatic heterocycles. The van der Waals surface area contributed by atoms with Gasteiger partial charge in [0, 0.05) is 24.7 Å². The highest BCUT2D eigenvalue weighted by molar-refractivity contribution is 6.33. The summed E-state index contributed by atoms with van der Waals surface area (Å²) in [4.78, 5) is 39.2. The van der Waals surface area contributed by atoms with Crippen molar-refractivity contribution in [3.63, 3.8) is 0 Å². The number of carbonyl (C=O) groups is 3. The first kappa shape index (κ1) is 27.1. The molecule has 2 aromatic rings. The van der Waals surface area contributed by atoms with E-state index < -0.39 is 23.8 Å². The van der Waals surface area contributed by atoms with Crippen LogP contribution >= 0.6 is 11.6 Å². The predicted molar refractivity (Wildman–Crippen MR) is 129 cm³/mol. The molecule has 0 unspecified atom stereocenters. The molecule has 12 heteroatoms. The van der Waals surface area contributed by atoms with Gasteiger partial charge in [0.1, 0.15) is 11.8 Å². The molecule has 1 aliphatic rings. The van der Waals surface area contributed by atoms with Crippen molar-refractivity contribution in [2.45, 2.75) is 32.0 Å². The number of carbonyl (C=O) groups excluding carboxylic acids is 3. The number of hydrogen-bond acceptors (Lipinski definition) is 4. The van der Waals surface area contributed by atoms with E-state index in [0.717, 1.165) is 18.2 Å². The number of urea groups is 1. The van der Waals surface area contributed by atoms with Crippen molar-refractivity contribution >= 4 is 40.8 Å². The van der Waals surface area contributed by atoms with Crippen LogP contribution in [-0.2, 0) is 15.8 Å². The molecule has 3 N–H and O–H groups in total. The van der Waals surface area contributed by atoms with Crippen LogP contribution in [0.1, 0.15) is 25.3 Å². The summed E-state index contributed by atoms with van der Waals surface area (Å²) in [6, 6.07) is 7.69.